The van der Waals surface area contributed by atoms with Crippen molar-refractivity contribution in [3.05, 3.63) is 70.8 Å². The summed E-state index contributed by atoms with van der Waals surface area (Å²) in [5.74, 6) is -3.45. The standard InChI is InChI=1S/2C32H54O7S.Ca/c2*1-2-3-4-5-6-7-8-9-10-11-12-13-14-15-16-17-18-21-26-38-31(33)29-24-19-20-25-30(29)32(34)39-27-22-23-28-40(35,36)37;/h2*19-20,24-25H,2-18,21-23,26-28H2,1H3,(H,35,36,37);/q;;+2/p-2. The molecule has 0 spiro atoms. The normalized spacial score (nSPS) is 11.3. The average molecular weight is 1200 g/mol. The van der Waals surface area contributed by atoms with Crippen LogP contribution in [0.1, 0.15) is 312 Å². The Morgan fingerprint density at radius 1 is 0.296 bits per heavy atom. The molecule has 0 unspecified atom stereocenters. The first-order valence-corrected chi connectivity index (χ1v) is 34.6. The summed E-state index contributed by atoms with van der Waals surface area (Å²) >= 11 is 0. The van der Waals surface area contributed by atoms with Crippen LogP contribution in [0.2, 0.25) is 0 Å². The van der Waals surface area contributed by atoms with Crippen molar-refractivity contribution in [1.29, 1.82) is 0 Å². The summed E-state index contributed by atoms with van der Waals surface area (Å²) in [6, 6.07) is 12.6. The molecular weight excluding hydrogens is 1100 g/mol. The van der Waals surface area contributed by atoms with Crippen LogP contribution in [0.25, 0.3) is 0 Å². The van der Waals surface area contributed by atoms with Gasteiger partial charge in [0.25, 0.3) is 0 Å². The molecule has 0 bridgehead atoms. The van der Waals surface area contributed by atoms with Gasteiger partial charge in [-0.25, -0.2) is 36.0 Å². The van der Waals surface area contributed by atoms with Crippen molar-refractivity contribution in [3.8, 4) is 0 Å². The van der Waals surface area contributed by atoms with Crippen LogP contribution in [-0.2, 0) is 39.2 Å². The monoisotopic (exact) mass is 1200 g/mol. The van der Waals surface area contributed by atoms with Gasteiger partial charge in [0.1, 0.15) is 0 Å². The van der Waals surface area contributed by atoms with Gasteiger partial charge in [-0.1, -0.05) is 256 Å². The van der Waals surface area contributed by atoms with E-state index in [0.717, 1.165) is 38.5 Å². The zero-order chi connectivity index (χ0) is 58.6. The zero-order valence-corrected chi connectivity index (χ0v) is 54.2. The van der Waals surface area contributed by atoms with Crippen LogP contribution in [0.3, 0.4) is 0 Å². The average Bonchev–Trinajstić information content (AvgIpc) is 3.43. The molecule has 14 nitrogen and oxygen atoms in total. The van der Waals surface area contributed by atoms with Crippen molar-refractivity contribution in [2.24, 2.45) is 0 Å². The largest absolute Gasteiger partial charge is 2.00 e. The molecule has 0 saturated heterocycles. The van der Waals surface area contributed by atoms with Crippen LogP contribution in [-0.4, -0.2) is 125 Å². The maximum absolute atomic E-state index is 12.5. The van der Waals surface area contributed by atoms with Gasteiger partial charge in [-0.05, 0) is 62.8 Å². The summed E-state index contributed by atoms with van der Waals surface area (Å²) in [5, 5.41) is 0. The second kappa shape index (κ2) is 54.1. The Morgan fingerprint density at radius 2 is 0.457 bits per heavy atom. The van der Waals surface area contributed by atoms with Gasteiger partial charge in [-0.3, -0.25) is 0 Å². The van der Waals surface area contributed by atoms with E-state index >= 15 is 0 Å². The Balaban J connectivity index is 0.00000156. The van der Waals surface area contributed by atoms with Gasteiger partial charge < -0.3 is 28.1 Å². The topological polar surface area (TPSA) is 220 Å². The molecule has 0 aliphatic heterocycles. The van der Waals surface area contributed by atoms with E-state index in [9.17, 15) is 45.1 Å². The number of ether oxygens (including phenoxy) is 4. The Bertz CT molecular complexity index is 1950. The Kier molecular flexibility index (Phi) is 52.3. The molecular formula is C64H106CaO14S2. The van der Waals surface area contributed by atoms with Crippen molar-refractivity contribution in [3.63, 3.8) is 0 Å². The smallest absolute Gasteiger partial charge is 0.748 e. The molecule has 0 aliphatic carbocycles. The van der Waals surface area contributed by atoms with E-state index in [0.29, 0.717) is 13.2 Å². The van der Waals surface area contributed by atoms with Gasteiger partial charge in [-0.2, -0.15) is 0 Å². The maximum atomic E-state index is 12.5. The number of unbranched alkanes of at least 4 members (excludes halogenated alkanes) is 36. The minimum Gasteiger partial charge on any atom is -0.748 e. The first kappa shape index (κ1) is 78.4. The SMILES string of the molecule is CCCCCCCCCCCCCCCCCCCCOC(=O)c1ccccc1C(=O)OCCCCS(=O)(=O)[O-].CCCCCCCCCCCCCCCCCCCCOC(=O)c1ccccc1C(=O)OCCCCS(=O)(=O)[O-].[Ca+2]. The summed E-state index contributed by atoms with van der Waals surface area (Å²) in [6.07, 6.45) is 47.4. The third kappa shape index (κ3) is 48.3. The molecule has 2 aromatic rings. The molecule has 0 aliphatic rings. The van der Waals surface area contributed by atoms with E-state index in [1.165, 1.54) is 217 Å². The van der Waals surface area contributed by atoms with Crippen LogP contribution in [0, 0.1) is 0 Å². The fourth-order valence-corrected chi connectivity index (χ4v) is 10.5. The van der Waals surface area contributed by atoms with Crippen molar-refractivity contribution in [2.45, 2.75) is 271 Å². The number of hydrogen-bond acceptors (Lipinski definition) is 14. The maximum Gasteiger partial charge on any atom is 2.00 e. The van der Waals surface area contributed by atoms with Gasteiger partial charge in [0.15, 0.2) is 0 Å². The molecule has 2 rings (SSSR count). The molecule has 17 heteroatoms. The van der Waals surface area contributed by atoms with Gasteiger partial charge in [0.05, 0.1) is 68.9 Å². The van der Waals surface area contributed by atoms with Gasteiger partial charge in [-0.15, -0.1) is 0 Å². The molecule has 0 atom stereocenters. The van der Waals surface area contributed by atoms with Crippen LogP contribution in [0.4, 0.5) is 0 Å². The fraction of sp³-hybridized carbons (Fsp3) is 0.750. The molecule has 0 heterocycles. The number of carbonyl (C=O) groups excluding carboxylic acids is 4. The van der Waals surface area contributed by atoms with E-state index in [2.05, 4.69) is 13.8 Å². The third-order valence-corrected chi connectivity index (χ3v) is 15.8. The fourth-order valence-electron chi connectivity index (χ4n) is 9.42. The number of hydrogen-bond donors (Lipinski definition) is 0. The number of esters is 4. The summed E-state index contributed by atoms with van der Waals surface area (Å²) in [6.45, 7) is 5.09. The molecule has 0 saturated carbocycles. The first-order chi connectivity index (χ1) is 38.7. The molecule has 0 aromatic heterocycles. The van der Waals surface area contributed by atoms with Crippen molar-refractivity contribution < 1.29 is 64.1 Å². The minimum atomic E-state index is -4.28. The van der Waals surface area contributed by atoms with Crippen LogP contribution in [0.5, 0.6) is 0 Å². The number of rotatable bonds is 52. The molecule has 2 aromatic carbocycles. The Morgan fingerprint density at radius 3 is 0.630 bits per heavy atom. The van der Waals surface area contributed by atoms with Crippen LogP contribution >= 0.6 is 0 Å². The second-order valence-corrected chi connectivity index (χ2v) is 24.6. The van der Waals surface area contributed by atoms with Crippen LogP contribution < -0.4 is 0 Å². The molecule has 460 valence electrons. The first-order valence-electron chi connectivity index (χ1n) is 31.4. The second-order valence-electron chi connectivity index (χ2n) is 21.6. The number of carbonyl (C=O) groups is 4. The third-order valence-electron chi connectivity index (χ3n) is 14.2. The van der Waals surface area contributed by atoms with Crippen LogP contribution in [0.15, 0.2) is 48.5 Å². The van der Waals surface area contributed by atoms with Gasteiger partial charge >= 0.3 is 61.6 Å². The van der Waals surface area contributed by atoms with Crippen molar-refractivity contribution in [2.75, 3.05) is 37.9 Å². The summed E-state index contributed by atoms with van der Waals surface area (Å²) in [4.78, 5) is 49.8. The van der Waals surface area contributed by atoms with Crippen molar-refractivity contribution in [1.82, 2.24) is 0 Å². The zero-order valence-electron chi connectivity index (χ0n) is 50.4. The predicted octanol–water partition coefficient (Wildman–Crippen LogP) is 16.4. The summed E-state index contributed by atoms with van der Waals surface area (Å²) in [5.41, 5.74) is 0.526. The van der Waals surface area contributed by atoms with Gasteiger partial charge in [0.2, 0.25) is 0 Å². The van der Waals surface area contributed by atoms with Crippen molar-refractivity contribution >= 4 is 81.9 Å². The number of benzene rings is 2. The Hall–Kier alpha value is -2.60. The minimum absolute atomic E-state index is 0. The summed E-state index contributed by atoms with van der Waals surface area (Å²) in [7, 11) is -8.55. The van der Waals surface area contributed by atoms with E-state index in [4.69, 9.17) is 18.9 Å². The molecule has 0 amide bonds. The molecule has 81 heavy (non-hydrogen) atoms. The van der Waals surface area contributed by atoms with E-state index in [1.54, 1.807) is 24.3 Å². The van der Waals surface area contributed by atoms with Gasteiger partial charge in [0, 0.05) is 11.5 Å². The molecule has 0 fully saturated rings. The molecule has 0 radical (unpaired) electrons. The van der Waals surface area contributed by atoms with E-state index in [-0.39, 0.29) is 98.9 Å². The van der Waals surface area contributed by atoms with E-state index < -0.39 is 55.6 Å². The summed E-state index contributed by atoms with van der Waals surface area (Å²) < 4.78 is 84.8. The quantitative estimate of drug-likeness (QED) is 0.0198. The Labute approximate surface area is 521 Å². The van der Waals surface area contributed by atoms with E-state index in [1.807, 2.05) is 0 Å². The predicted molar refractivity (Wildman–Crippen MR) is 325 cm³/mol. The molecule has 0 N–H and O–H groups in total.